The molecule has 0 N–H and O–H groups in total. The third kappa shape index (κ3) is 3.43. The van der Waals surface area contributed by atoms with Gasteiger partial charge < -0.3 is 0 Å². The van der Waals surface area contributed by atoms with E-state index in [2.05, 4.69) is 15.8 Å². The lowest BCUT2D eigenvalue weighted by molar-refractivity contribution is 0.285. The summed E-state index contributed by atoms with van der Waals surface area (Å²) in [6, 6.07) is 5.74. The molecule has 0 aliphatic heterocycles. The van der Waals surface area contributed by atoms with Crippen molar-refractivity contribution in [2.75, 3.05) is 13.3 Å². The summed E-state index contributed by atoms with van der Waals surface area (Å²) in [5.74, 6) is 0. The molecule has 0 fully saturated rings. The summed E-state index contributed by atoms with van der Waals surface area (Å²) in [6.07, 6.45) is 0.967. The van der Waals surface area contributed by atoms with Gasteiger partial charge in [0.1, 0.15) is 23.8 Å². The van der Waals surface area contributed by atoms with Crippen LogP contribution in [0.4, 0.5) is 0 Å². The Morgan fingerprint density at radius 1 is 1.14 bits per heavy atom. The van der Waals surface area contributed by atoms with E-state index in [1.54, 1.807) is 4.90 Å². The van der Waals surface area contributed by atoms with Crippen LogP contribution in [0.25, 0.3) is 9.69 Å². The van der Waals surface area contributed by atoms with Crippen LogP contribution in [0.1, 0.15) is 26.7 Å². The zero-order valence-electron chi connectivity index (χ0n) is 12.5. The van der Waals surface area contributed by atoms with E-state index in [1.165, 1.54) is 0 Å². The van der Waals surface area contributed by atoms with Crippen molar-refractivity contribution in [3.8, 4) is 18.2 Å². The van der Waals surface area contributed by atoms with Gasteiger partial charge in [-0.15, -0.1) is 0 Å². The summed E-state index contributed by atoms with van der Waals surface area (Å²) in [6.45, 7) is 17.9. The Morgan fingerprint density at radius 2 is 1.68 bits per heavy atom. The number of nitrogens with zero attached hydrogens (tertiary/aromatic N) is 6. The van der Waals surface area contributed by atoms with Gasteiger partial charge in [0.2, 0.25) is 0 Å². The highest BCUT2D eigenvalue weighted by Crippen LogP contribution is 2.43. The third-order valence-corrected chi connectivity index (χ3v) is 3.39. The largest absolute Gasteiger partial charge is 0.294 e. The van der Waals surface area contributed by atoms with Gasteiger partial charge in [-0.2, -0.15) is 15.8 Å². The van der Waals surface area contributed by atoms with Crippen molar-refractivity contribution >= 4 is 0 Å². The molecule has 22 heavy (non-hydrogen) atoms. The third-order valence-electron chi connectivity index (χ3n) is 3.39. The molecule has 0 saturated carbocycles. The minimum Gasteiger partial charge on any atom is -0.293 e. The monoisotopic (exact) mass is 290 g/mol. The van der Waals surface area contributed by atoms with Crippen LogP contribution in [0.15, 0.2) is 22.4 Å². The minimum absolute atomic E-state index is 0.0271. The van der Waals surface area contributed by atoms with Crippen LogP contribution >= 0.6 is 0 Å². The highest BCUT2D eigenvalue weighted by molar-refractivity contribution is 5.57. The molecule has 108 valence electrons. The minimum atomic E-state index is -0.258. The number of rotatable bonds is 3. The second-order valence-corrected chi connectivity index (χ2v) is 5.67. The normalized spacial score (nSPS) is 15.6. The molecular formula is C16H14N6. The van der Waals surface area contributed by atoms with Crippen LogP contribution in [-0.4, -0.2) is 18.2 Å². The van der Waals surface area contributed by atoms with E-state index in [4.69, 9.17) is 23.7 Å². The molecule has 0 aromatic rings. The molecule has 6 heteroatoms. The van der Waals surface area contributed by atoms with Crippen LogP contribution in [0.3, 0.4) is 0 Å². The summed E-state index contributed by atoms with van der Waals surface area (Å²) in [5, 5.41) is 27.7. The summed E-state index contributed by atoms with van der Waals surface area (Å²) in [5.41, 5.74) is 0.909. The van der Waals surface area contributed by atoms with Crippen molar-refractivity contribution in [2.24, 2.45) is 5.41 Å². The Labute approximate surface area is 130 Å². The molecule has 6 nitrogen and oxygen atoms in total. The zero-order chi connectivity index (χ0) is 16.8. The molecule has 0 spiro atoms. The summed E-state index contributed by atoms with van der Waals surface area (Å²) in [4.78, 5) is 8.15. The molecule has 0 heterocycles. The van der Waals surface area contributed by atoms with Gasteiger partial charge in [-0.25, -0.2) is 18.0 Å². The van der Waals surface area contributed by atoms with Crippen molar-refractivity contribution in [3.05, 3.63) is 45.3 Å². The Balaban J connectivity index is 3.63. The molecule has 0 unspecified atom stereocenters. The maximum absolute atomic E-state index is 9.48. The molecular weight excluding hydrogens is 276 g/mol. The van der Waals surface area contributed by atoms with Gasteiger partial charge in [0.15, 0.2) is 0 Å². The zero-order valence-corrected chi connectivity index (χ0v) is 12.5. The second-order valence-electron chi connectivity index (χ2n) is 5.67. The van der Waals surface area contributed by atoms with Crippen LogP contribution in [0.5, 0.6) is 0 Å². The molecule has 0 bridgehead atoms. The summed E-state index contributed by atoms with van der Waals surface area (Å²) < 4.78 is 0. The maximum atomic E-state index is 9.48. The highest BCUT2D eigenvalue weighted by atomic mass is 15.2. The maximum Gasteiger partial charge on any atom is 0.294 e. The van der Waals surface area contributed by atoms with E-state index in [-0.39, 0.29) is 29.9 Å². The van der Waals surface area contributed by atoms with Gasteiger partial charge in [-0.05, 0) is 18.3 Å². The predicted molar refractivity (Wildman–Crippen MR) is 78.7 cm³/mol. The molecule has 1 aliphatic rings. The number of hydrogen-bond donors (Lipinski definition) is 0. The topological polar surface area (TPSA) is 83.3 Å². The van der Waals surface area contributed by atoms with E-state index in [1.807, 2.05) is 26.0 Å². The first-order valence-corrected chi connectivity index (χ1v) is 6.52. The molecule has 1 aliphatic carbocycles. The van der Waals surface area contributed by atoms with E-state index < -0.39 is 0 Å². The lowest BCUT2D eigenvalue weighted by atomic mass is 9.72. The van der Waals surface area contributed by atoms with Crippen molar-refractivity contribution < 1.29 is 0 Å². The second kappa shape index (κ2) is 6.95. The molecule has 0 radical (unpaired) electrons. The predicted octanol–water partition coefficient (Wildman–Crippen LogP) is 2.98. The van der Waals surface area contributed by atoms with Crippen molar-refractivity contribution in [1.29, 1.82) is 15.8 Å². The first kappa shape index (κ1) is 16.8. The average Bonchev–Trinajstić information content (AvgIpc) is 2.47. The number of nitriles is 3. The van der Waals surface area contributed by atoms with Crippen molar-refractivity contribution in [2.45, 2.75) is 26.7 Å². The van der Waals surface area contributed by atoms with E-state index in [0.717, 1.165) is 0 Å². The molecule has 0 atom stereocenters. The molecule has 0 amide bonds. The van der Waals surface area contributed by atoms with Crippen molar-refractivity contribution in [1.82, 2.24) is 4.90 Å². The molecule has 0 aromatic carbocycles. The van der Waals surface area contributed by atoms with Crippen LogP contribution in [-0.2, 0) is 0 Å². The fraction of sp³-hybridized carbons (Fsp3) is 0.438. The SMILES string of the molecule is [C-]#[N+]CN(C[N+]#[C-])C1=C(C#N)C(=C(C#N)C#N)CC(C)(C)C1. The average molecular weight is 290 g/mol. The Morgan fingerprint density at radius 3 is 2.09 bits per heavy atom. The van der Waals surface area contributed by atoms with Gasteiger partial charge in [0, 0.05) is 11.3 Å². The molecule has 1 rings (SSSR count). The van der Waals surface area contributed by atoms with E-state index >= 15 is 0 Å². The first-order chi connectivity index (χ1) is 10.4. The Hall–Kier alpha value is -3.27. The lowest BCUT2D eigenvalue weighted by Crippen LogP contribution is -2.31. The van der Waals surface area contributed by atoms with Gasteiger partial charge >= 0.3 is 0 Å². The van der Waals surface area contributed by atoms with Gasteiger partial charge in [0.05, 0.1) is 5.57 Å². The summed E-state index contributed by atoms with van der Waals surface area (Å²) in [7, 11) is 0. The van der Waals surface area contributed by atoms with Gasteiger partial charge in [-0.3, -0.25) is 9.69 Å². The smallest absolute Gasteiger partial charge is 0.293 e. The molecule has 0 aromatic heterocycles. The van der Waals surface area contributed by atoms with Crippen LogP contribution in [0, 0.1) is 52.6 Å². The summed E-state index contributed by atoms with van der Waals surface area (Å²) >= 11 is 0. The number of hydrogen-bond acceptors (Lipinski definition) is 4. The highest BCUT2D eigenvalue weighted by Gasteiger charge is 2.36. The van der Waals surface area contributed by atoms with E-state index in [9.17, 15) is 5.26 Å². The fourth-order valence-electron chi connectivity index (χ4n) is 2.51. The van der Waals surface area contributed by atoms with Gasteiger partial charge in [0.25, 0.3) is 13.3 Å². The standard InChI is InChI=1S/C16H14N6/c1-16(2)5-13(12(7-17)8-18)14(9-19)15(6-16)22(10-20-3)11-21-4/h5-6,10-11H2,1-2H3. The Kier molecular flexibility index (Phi) is 5.30. The lowest BCUT2D eigenvalue weighted by Gasteiger charge is -2.35. The fourth-order valence-corrected chi connectivity index (χ4v) is 2.51. The number of allylic oxidation sites excluding steroid dienone is 4. The van der Waals surface area contributed by atoms with Gasteiger partial charge in [-0.1, -0.05) is 13.8 Å². The van der Waals surface area contributed by atoms with Crippen molar-refractivity contribution in [3.63, 3.8) is 0 Å². The quantitative estimate of drug-likeness (QED) is 0.591. The molecule has 0 saturated heterocycles. The van der Waals surface area contributed by atoms with Crippen LogP contribution < -0.4 is 0 Å². The van der Waals surface area contributed by atoms with E-state index in [0.29, 0.717) is 24.1 Å². The first-order valence-electron chi connectivity index (χ1n) is 6.52. The Bertz CT molecular complexity index is 702. The van der Waals surface area contributed by atoms with Crippen LogP contribution in [0.2, 0.25) is 0 Å².